The Morgan fingerprint density at radius 3 is 2.32 bits per heavy atom. The normalized spacial score (nSPS) is 13.2. The molecule has 1 N–H and O–H groups in total. The predicted octanol–water partition coefficient (Wildman–Crippen LogP) is 3.68. The first-order chi connectivity index (χ1) is 9.17. The first-order valence-corrected chi connectivity index (χ1v) is 7.68. The number of rotatable bonds is 9. The molecule has 0 aliphatic rings. The number of benzene rings is 1. The van der Waals surface area contributed by atoms with E-state index in [1.54, 1.807) is 0 Å². The Labute approximate surface area is 119 Å². The highest BCUT2D eigenvalue weighted by Crippen LogP contribution is 2.12. The summed E-state index contributed by atoms with van der Waals surface area (Å²) in [5, 5.41) is 3.59. The number of nitrogens with one attached hydrogen (secondary N) is 1. The number of likely N-dealkylation sites (N-methyl/N-ethyl adjacent to an activating group) is 1. The van der Waals surface area contributed by atoms with Crippen LogP contribution in [0.2, 0.25) is 0 Å². The molecule has 0 aliphatic carbocycles. The van der Waals surface area contributed by atoms with Crippen molar-refractivity contribution in [2.45, 2.75) is 59.2 Å². The van der Waals surface area contributed by atoms with E-state index < -0.39 is 0 Å². The van der Waals surface area contributed by atoms with Gasteiger partial charge in [0.2, 0.25) is 0 Å². The number of hydrogen-bond donors (Lipinski definition) is 1. The molecule has 0 spiro atoms. The molecule has 1 rings (SSSR count). The van der Waals surface area contributed by atoms with Gasteiger partial charge in [0.15, 0.2) is 0 Å². The fourth-order valence-electron chi connectivity index (χ4n) is 2.44. The molecule has 1 aromatic carbocycles. The van der Waals surface area contributed by atoms with E-state index in [1.807, 2.05) is 0 Å². The third kappa shape index (κ3) is 6.22. The van der Waals surface area contributed by atoms with Gasteiger partial charge in [0.1, 0.15) is 0 Å². The summed E-state index contributed by atoms with van der Waals surface area (Å²) in [6.07, 6.45) is 2.51. The zero-order valence-electron chi connectivity index (χ0n) is 13.0. The minimum Gasteiger partial charge on any atom is -0.313 e. The van der Waals surface area contributed by atoms with E-state index in [0.717, 1.165) is 19.6 Å². The fraction of sp³-hybridized carbons (Fsp3) is 0.647. The second kappa shape index (κ2) is 9.11. The van der Waals surface area contributed by atoms with Crippen molar-refractivity contribution in [3.8, 4) is 0 Å². The molecule has 2 heteroatoms. The zero-order chi connectivity index (χ0) is 14.1. The van der Waals surface area contributed by atoms with Gasteiger partial charge in [-0.15, -0.1) is 0 Å². The SMILES string of the molecule is CCCC(CNC(C)C)N(CC)Cc1ccccc1. The summed E-state index contributed by atoms with van der Waals surface area (Å²) in [5.74, 6) is 0. The maximum absolute atomic E-state index is 3.59. The van der Waals surface area contributed by atoms with E-state index in [0.29, 0.717) is 12.1 Å². The van der Waals surface area contributed by atoms with Crippen LogP contribution >= 0.6 is 0 Å². The fourth-order valence-corrected chi connectivity index (χ4v) is 2.44. The van der Waals surface area contributed by atoms with Crippen LogP contribution < -0.4 is 5.32 Å². The molecule has 19 heavy (non-hydrogen) atoms. The third-order valence-corrected chi connectivity index (χ3v) is 3.53. The summed E-state index contributed by atoms with van der Waals surface area (Å²) in [7, 11) is 0. The summed E-state index contributed by atoms with van der Waals surface area (Å²) >= 11 is 0. The first-order valence-electron chi connectivity index (χ1n) is 7.68. The van der Waals surface area contributed by atoms with Gasteiger partial charge >= 0.3 is 0 Å². The maximum atomic E-state index is 3.59. The van der Waals surface area contributed by atoms with E-state index in [1.165, 1.54) is 18.4 Å². The molecular weight excluding hydrogens is 232 g/mol. The van der Waals surface area contributed by atoms with Crippen LogP contribution in [0.3, 0.4) is 0 Å². The second-order valence-corrected chi connectivity index (χ2v) is 5.55. The van der Waals surface area contributed by atoms with Crippen LogP contribution in [0.15, 0.2) is 30.3 Å². The average Bonchev–Trinajstić information content (AvgIpc) is 2.42. The van der Waals surface area contributed by atoms with Crippen LogP contribution in [0.1, 0.15) is 46.1 Å². The molecule has 108 valence electrons. The lowest BCUT2D eigenvalue weighted by Crippen LogP contribution is -2.43. The Hall–Kier alpha value is -0.860. The molecular formula is C17H30N2. The van der Waals surface area contributed by atoms with Crippen LogP contribution in [0.4, 0.5) is 0 Å². The van der Waals surface area contributed by atoms with Gasteiger partial charge in [-0.1, -0.05) is 64.4 Å². The molecule has 0 fully saturated rings. The molecule has 0 saturated heterocycles. The van der Waals surface area contributed by atoms with Crippen LogP contribution in [0, 0.1) is 0 Å². The Morgan fingerprint density at radius 2 is 1.79 bits per heavy atom. The maximum Gasteiger partial charge on any atom is 0.0237 e. The topological polar surface area (TPSA) is 15.3 Å². The molecule has 0 aliphatic heterocycles. The molecule has 0 aromatic heterocycles. The highest BCUT2D eigenvalue weighted by Gasteiger charge is 2.16. The summed E-state index contributed by atoms with van der Waals surface area (Å²) in [5.41, 5.74) is 1.41. The lowest BCUT2D eigenvalue weighted by atomic mass is 10.1. The summed E-state index contributed by atoms with van der Waals surface area (Å²) < 4.78 is 0. The molecule has 0 heterocycles. The van der Waals surface area contributed by atoms with Crippen LogP contribution in [-0.4, -0.2) is 30.1 Å². The van der Waals surface area contributed by atoms with E-state index in [-0.39, 0.29) is 0 Å². The highest BCUT2D eigenvalue weighted by molar-refractivity contribution is 5.14. The molecule has 1 aromatic rings. The average molecular weight is 262 g/mol. The van der Waals surface area contributed by atoms with E-state index >= 15 is 0 Å². The first kappa shape index (κ1) is 16.2. The monoisotopic (exact) mass is 262 g/mol. The van der Waals surface area contributed by atoms with Crippen molar-refractivity contribution in [1.29, 1.82) is 0 Å². The van der Waals surface area contributed by atoms with Crippen molar-refractivity contribution >= 4 is 0 Å². The van der Waals surface area contributed by atoms with Gasteiger partial charge < -0.3 is 5.32 Å². The van der Waals surface area contributed by atoms with Gasteiger partial charge in [-0.3, -0.25) is 4.90 Å². The van der Waals surface area contributed by atoms with Gasteiger partial charge in [0.25, 0.3) is 0 Å². The second-order valence-electron chi connectivity index (χ2n) is 5.55. The third-order valence-electron chi connectivity index (χ3n) is 3.53. The number of nitrogens with zero attached hydrogens (tertiary/aromatic N) is 1. The van der Waals surface area contributed by atoms with Gasteiger partial charge in [0.05, 0.1) is 0 Å². The van der Waals surface area contributed by atoms with Gasteiger partial charge in [0, 0.05) is 25.2 Å². The molecule has 0 bridgehead atoms. The van der Waals surface area contributed by atoms with Crippen molar-refractivity contribution < 1.29 is 0 Å². The molecule has 0 amide bonds. The Balaban J connectivity index is 2.61. The quantitative estimate of drug-likeness (QED) is 0.730. The number of hydrogen-bond acceptors (Lipinski definition) is 2. The standard InChI is InChI=1S/C17H30N2/c1-5-10-17(13-18-15(3)4)19(6-2)14-16-11-8-7-9-12-16/h7-9,11-12,15,17-18H,5-6,10,13-14H2,1-4H3. The van der Waals surface area contributed by atoms with Crippen molar-refractivity contribution in [1.82, 2.24) is 10.2 Å². The van der Waals surface area contributed by atoms with E-state index in [2.05, 4.69) is 68.2 Å². The molecule has 2 nitrogen and oxygen atoms in total. The lowest BCUT2D eigenvalue weighted by Gasteiger charge is -2.31. The van der Waals surface area contributed by atoms with Crippen molar-refractivity contribution in [3.63, 3.8) is 0 Å². The van der Waals surface area contributed by atoms with Crippen LogP contribution in [-0.2, 0) is 6.54 Å². The van der Waals surface area contributed by atoms with Gasteiger partial charge in [-0.2, -0.15) is 0 Å². The zero-order valence-corrected chi connectivity index (χ0v) is 13.0. The summed E-state index contributed by atoms with van der Waals surface area (Å²) in [6.45, 7) is 12.2. The minimum absolute atomic E-state index is 0.565. The van der Waals surface area contributed by atoms with Crippen molar-refractivity contribution in [3.05, 3.63) is 35.9 Å². The molecule has 1 unspecified atom stereocenters. The van der Waals surface area contributed by atoms with E-state index in [9.17, 15) is 0 Å². The van der Waals surface area contributed by atoms with Gasteiger partial charge in [-0.05, 0) is 18.5 Å². The van der Waals surface area contributed by atoms with Crippen molar-refractivity contribution in [2.75, 3.05) is 13.1 Å². The van der Waals surface area contributed by atoms with Crippen LogP contribution in [0.25, 0.3) is 0 Å². The van der Waals surface area contributed by atoms with Crippen molar-refractivity contribution in [2.24, 2.45) is 0 Å². The Bertz CT molecular complexity index is 321. The Morgan fingerprint density at radius 1 is 1.11 bits per heavy atom. The predicted molar refractivity (Wildman–Crippen MR) is 84.4 cm³/mol. The summed E-state index contributed by atoms with van der Waals surface area (Å²) in [4.78, 5) is 2.59. The summed E-state index contributed by atoms with van der Waals surface area (Å²) in [6, 6.07) is 12.0. The lowest BCUT2D eigenvalue weighted by molar-refractivity contribution is 0.179. The van der Waals surface area contributed by atoms with Gasteiger partial charge in [-0.25, -0.2) is 0 Å². The van der Waals surface area contributed by atoms with Crippen LogP contribution in [0.5, 0.6) is 0 Å². The minimum atomic E-state index is 0.565. The van der Waals surface area contributed by atoms with E-state index in [4.69, 9.17) is 0 Å². The highest BCUT2D eigenvalue weighted by atomic mass is 15.2. The molecule has 0 radical (unpaired) electrons. The smallest absolute Gasteiger partial charge is 0.0237 e. The molecule has 1 atom stereocenters. The largest absolute Gasteiger partial charge is 0.313 e. The molecule has 0 saturated carbocycles. The Kier molecular flexibility index (Phi) is 7.76.